The topological polar surface area (TPSA) is 75.3 Å². The molecular weight excluding hydrogens is 295 g/mol. The van der Waals surface area contributed by atoms with Gasteiger partial charge in [0.2, 0.25) is 15.9 Å². The summed E-state index contributed by atoms with van der Waals surface area (Å²) >= 11 is 0. The Morgan fingerprint density at radius 2 is 1.90 bits per heavy atom. The van der Waals surface area contributed by atoms with Gasteiger partial charge in [-0.05, 0) is 43.5 Å². The first-order valence-corrected chi connectivity index (χ1v) is 8.31. The van der Waals surface area contributed by atoms with Gasteiger partial charge in [-0.3, -0.25) is 4.79 Å². The Labute approximate surface area is 124 Å². The van der Waals surface area contributed by atoms with Gasteiger partial charge in [0.05, 0.1) is 4.90 Å². The summed E-state index contributed by atoms with van der Waals surface area (Å²) in [6.45, 7) is 1.53. The van der Waals surface area contributed by atoms with E-state index in [1.807, 2.05) is 0 Å². The zero-order valence-electron chi connectivity index (χ0n) is 12.1. The Hall–Kier alpha value is -1.47. The Balaban J connectivity index is 2.37. The fourth-order valence-electron chi connectivity index (χ4n) is 2.82. The van der Waals surface area contributed by atoms with E-state index in [0.29, 0.717) is 18.4 Å². The molecule has 0 unspecified atom stereocenters. The highest BCUT2D eigenvalue weighted by molar-refractivity contribution is 7.89. The highest BCUT2D eigenvalue weighted by atomic mass is 32.2. The first-order chi connectivity index (χ1) is 9.81. The molecule has 0 radical (unpaired) electrons. The van der Waals surface area contributed by atoms with Crippen LogP contribution in [0.5, 0.6) is 0 Å². The molecule has 0 saturated heterocycles. The second-order valence-corrected chi connectivity index (χ2v) is 7.03. The smallest absolute Gasteiger partial charge is 0.241 e. The Kier molecular flexibility index (Phi) is 4.34. The van der Waals surface area contributed by atoms with E-state index in [2.05, 4.69) is 10.0 Å². The van der Waals surface area contributed by atoms with Gasteiger partial charge in [0.1, 0.15) is 11.4 Å². The highest BCUT2D eigenvalue weighted by Gasteiger charge is 2.44. The first kappa shape index (κ1) is 15.9. The number of rotatable bonds is 4. The fraction of sp³-hybridized carbons (Fsp3) is 0.500. The standard InChI is InChI=1S/C14H19FN2O3S/c1-10-9-11(15)5-6-12(10)21(19,20)17-14(13(18)16-2)7-3-4-8-14/h5-6,9,17H,3-4,7-8H2,1-2H3,(H,16,18). The Bertz CT molecular complexity index is 652. The SMILES string of the molecule is CNC(=O)C1(NS(=O)(=O)c2ccc(F)cc2C)CCCC1. The number of carbonyl (C=O) groups is 1. The third kappa shape index (κ3) is 3.08. The molecule has 2 rings (SSSR count). The van der Waals surface area contributed by atoms with Crippen LogP contribution < -0.4 is 10.0 Å². The zero-order valence-corrected chi connectivity index (χ0v) is 12.9. The highest BCUT2D eigenvalue weighted by Crippen LogP contribution is 2.32. The number of carbonyl (C=O) groups excluding carboxylic acids is 1. The molecule has 21 heavy (non-hydrogen) atoms. The van der Waals surface area contributed by atoms with Gasteiger partial charge in [-0.15, -0.1) is 0 Å². The van der Waals surface area contributed by atoms with Gasteiger partial charge in [0.25, 0.3) is 0 Å². The average Bonchev–Trinajstić information content (AvgIpc) is 2.86. The van der Waals surface area contributed by atoms with Crippen LogP contribution in [0.3, 0.4) is 0 Å². The first-order valence-electron chi connectivity index (χ1n) is 6.83. The zero-order chi connectivity index (χ0) is 15.7. The number of sulfonamides is 1. The molecule has 0 aromatic heterocycles. The number of hydrogen-bond acceptors (Lipinski definition) is 3. The molecule has 1 aromatic carbocycles. The molecule has 1 aromatic rings. The molecule has 0 spiro atoms. The number of likely N-dealkylation sites (N-methyl/N-ethyl adjacent to an activating group) is 1. The van der Waals surface area contributed by atoms with Crippen LogP contribution in [-0.2, 0) is 14.8 Å². The van der Waals surface area contributed by atoms with Crippen molar-refractivity contribution >= 4 is 15.9 Å². The van der Waals surface area contributed by atoms with Crippen molar-refractivity contribution in [2.75, 3.05) is 7.05 Å². The summed E-state index contributed by atoms with van der Waals surface area (Å²) in [5.74, 6) is -0.823. The van der Waals surface area contributed by atoms with Gasteiger partial charge >= 0.3 is 0 Å². The van der Waals surface area contributed by atoms with Gasteiger partial charge in [0.15, 0.2) is 0 Å². The normalized spacial score (nSPS) is 17.7. The predicted octanol–water partition coefficient (Wildman–Crippen LogP) is 1.47. The second kappa shape index (κ2) is 5.73. The number of amides is 1. The van der Waals surface area contributed by atoms with Gasteiger partial charge in [-0.25, -0.2) is 12.8 Å². The van der Waals surface area contributed by atoms with Crippen LogP contribution in [0.25, 0.3) is 0 Å². The van der Waals surface area contributed by atoms with Crippen molar-refractivity contribution in [2.24, 2.45) is 0 Å². The number of nitrogens with one attached hydrogen (secondary N) is 2. The molecule has 2 N–H and O–H groups in total. The molecule has 1 fully saturated rings. The summed E-state index contributed by atoms with van der Waals surface area (Å²) in [6.07, 6.45) is 2.51. The molecule has 0 heterocycles. The van der Waals surface area contributed by atoms with Crippen molar-refractivity contribution in [2.45, 2.75) is 43.0 Å². The van der Waals surface area contributed by atoms with E-state index in [1.54, 1.807) is 0 Å². The van der Waals surface area contributed by atoms with Crippen LogP contribution in [-0.4, -0.2) is 26.9 Å². The molecule has 1 aliphatic carbocycles. The van der Waals surface area contributed by atoms with Crippen molar-refractivity contribution in [3.05, 3.63) is 29.6 Å². The summed E-state index contributed by atoms with van der Waals surface area (Å²) < 4.78 is 40.7. The molecule has 1 aliphatic rings. The minimum atomic E-state index is -3.88. The fourth-order valence-corrected chi connectivity index (χ4v) is 4.47. The minimum Gasteiger partial charge on any atom is -0.358 e. The van der Waals surface area contributed by atoms with Crippen molar-refractivity contribution in [1.29, 1.82) is 0 Å². The largest absolute Gasteiger partial charge is 0.358 e. The van der Waals surface area contributed by atoms with E-state index in [9.17, 15) is 17.6 Å². The third-order valence-electron chi connectivity index (χ3n) is 3.88. The van der Waals surface area contributed by atoms with Crippen molar-refractivity contribution in [3.63, 3.8) is 0 Å². The van der Waals surface area contributed by atoms with Crippen LogP contribution in [0.4, 0.5) is 4.39 Å². The number of hydrogen-bond donors (Lipinski definition) is 2. The number of halogens is 1. The molecule has 0 aliphatic heterocycles. The second-order valence-electron chi connectivity index (χ2n) is 5.38. The number of aryl methyl sites for hydroxylation is 1. The molecule has 7 heteroatoms. The van der Waals surface area contributed by atoms with E-state index < -0.39 is 21.4 Å². The monoisotopic (exact) mass is 314 g/mol. The lowest BCUT2D eigenvalue weighted by Gasteiger charge is -2.28. The third-order valence-corrected chi connectivity index (χ3v) is 5.57. The van der Waals surface area contributed by atoms with Crippen molar-refractivity contribution in [3.8, 4) is 0 Å². The van der Waals surface area contributed by atoms with Crippen molar-refractivity contribution in [1.82, 2.24) is 10.0 Å². The molecule has 0 atom stereocenters. The van der Waals surface area contributed by atoms with Crippen molar-refractivity contribution < 1.29 is 17.6 Å². The molecule has 116 valence electrons. The summed E-state index contributed by atoms with van der Waals surface area (Å²) in [5, 5.41) is 2.52. The molecule has 5 nitrogen and oxygen atoms in total. The average molecular weight is 314 g/mol. The summed E-state index contributed by atoms with van der Waals surface area (Å²) in [6, 6.07) is 3.48. The van der Waals surface area contributed by atoms with Crippen LogP contribution in [0.2, 0.25) is 0 Å². The molecule has 0 bridgehead atoms. The van der Waals surface area contributed by atoms with Gasteiger partial charge in [-0.1, -0.05) is 12.8 Å². The summed E-state index contributed by atoms with van der Waals surface area (Å²) in [7, 11) is -2.40. The van der Waals surface area contributed by atoms with E-state index >= 15 is 0 Å². The molecule has 1 saturated carbocycles. The van der Waals surface area contributed by atoms with Gasteiger partial charge in [-0.2, -0.15) is 4.72 Å². The maximum absolute atomic E-state index is 13.1. The van der Waals surface area contributed by atoms with E-state index in [4.69, 9.17) is 0 Å². The quantitative estimate of drug-likeness (QED) is 0.884. The summed E-state index contributed by atoms with van der Waals surface area (Å²) in [4.78, 5) is 12.1. The van der Waals surface area contributed by atoms with Crippen LogP contribution in [0.1, 0.15) is 31.2 Å². The maximum Gasteiger partial charge on any atom is 0.241 e. The predicted molar refractivity (Wildman–Crippen MR) is 76.7 cm³/mol. The molecular formula is C14H19FN2O3S. The minimum absolute atomic E-state index is 0.000854. The number of benzene rings is 1. The van der Waals surface area contributed by atoms with E-state index in [-0.39, 0.29) is 10.8 Å². The lowest BCUT2D eigenvalue weighted by atomic mass is 9.98. The van der Waals surface area contributed by atoms with Gasteiger partial charge in [0, 0.05) is 7.05 Å². The van der Waals surface area contributed by atoms with Crippen LogP contribution in [0.15, 0.2) is 23.1 Å². The Morgan fingerprint density at radius 1 is 1.29 bits per heavy atom. The van der Waals surface area contributed by atoms with E-state index in [1.165, 1.54) is 20.0 Å². The van der Waals surface area contributed by atoms with Gasteiger partial charge < -0.3 is 5.32 Å². The van der Waals surface area contributed by atoms with Crippen LogP contribution in [0, 0.1) is 12.7 Å². The Morgan fingerprint density at radius 3 is 2.43 bits per heavy atom. The summed E-state index contributed by atoms with van der Waals surface area (Å²) in [5.41, 5.74) is -0.790. The van der Waals surface area contributed by atoms with Crippen LogP contribution >= 0.6 is 0 Å². The van der Waals surface area contributed by atoms with E-state index in [0.717, 1.165) is 25.0 Å². The maximum atomic E-state index is 13.1. The lowest BCUT2D eigenvalue weighted by Crippen LogP contribution is -2.56. The lowest BCUT2D eigenvalue weighted by molar-refractivity contribution is -0.126. The molecule has 1 amide bonds.